The van der Waals surface area contributed by atoms with Gasteiger partial charge in [-0.25, -0.2) is 4.98 Å². The third-order valence-electron chi connectivity index (χ3n) is 4.85. The van der Waals surface area contributed by atoms with Gasteiger partial charge in [-0.05, 0) is 60.4 Å². The molecular formula is C24H20Cl2N2O2S. The number of benzene rings is 3. The lowest BCUT2D eigenvalue weighted by atomic mass is 10.1. The molecule has 0 fully saturated rings. The van der Waals surface area contributed by atoms with Crippen LogP contribution in [0, 0.1) is 6.92 Å². The van der Waals surface area contributed by atoms with Crippen LogP contribution in [0.1, 0.15) is 27.0 Å². The predicted octanol–water partition coefficient (Wildman–Crippen LogP) is 6.71. The van der Waals surface area contributed by atoms with Crippen molar-refractivity contribution in [2.24, 2.45) is 0 Å². The molecule has 1 N–H and O–H groups in total. The van der Waals surface area contributed by atoms with Crippen LogP contribution in [0.5, 0.6) is 0 Å². The number of para-hydroxylation sites is 1. The van der Waals surface area contributed by atoms with Gasteiger partial charge in [0.2, 0.25) is 0 Å². The Morgan fingerprint density at radius 2 is 1.94 bits per heavy atom. The fourth-order valence-electron chi connectivity index (χ4n) is 3.21. The molecular weight excluding hydrogens is 451 g/mol. The lowest BCUT2D eigenvalue weighted by molar-refractivity contribution is 0.0954. The summed E-state index contributed by atoms with van der Waals surface area (Å²) in [6.45, 7) is 2.50. The highest BCUT2D eigenvalue weighted by Crippen LogP contribution is 2.28. The van der Waals surface area contributed by atoms with Crippen LogP contribution in [0.4, 0.5) is 0 Å². The number of amides is 1. The standard InChI is InChI=1S/C24H20Cl2N2O2S/c1-15-4-2-7-21-22(15)28-24(30-21)31-14-16-5-3-6-18(12-16)23(29)27-11-10-17-8-9-19(25)13-20(17)26/h2-9,12-13H,10-11,14H2,1H3,(H,27,29). The molecule has 4 rings (SSSR count). The number of carbonyl (C=O) groups is 1. The number of rotatable bonds is 7. The molecule has 7 heteroatoms. The Kier molecular flexibility index (Phi) is 6.86. The second-order valence-electron chi connectivity index (χ2n) is 7.13. The number of halogens is 2. The van der Waals surface area contributed by atoms with E-state index in [9.17, 15) is 4.79 Å². The first-order chi connectivity index (χ1) is 15.0. The van der Waals surface area contributed by atoms with Crippen LogP contribution in [-0.2, 0) is 12.2 Å². The van der Waals surface area contributed by atoms with Crippen LogP contribution in [0.25, 0.3) is 11.1 Å². The van der Waals surface area contributed by atoms with Crippen LogP contribution in [0.3, 0.4) is 0 Å². The minimum atomic E-state index is -0.116. The Hall–Kier alpha value is -2.47. The molecule has 0 aliphatic rings. The van der Waals surface area contributed by atoms with Crippen molar-refractivity contribution in [3.63, 3.8) is 0 Å². The molecule has 0 aliphatic heterocycles. The Balaban J connectivity index is 1.34. The summed E-state index contributed by atoms with van der Waals surface area (Å²) < 4.78 is 5.81. The Morgan fingerprint density at radius 3 is 2.74 bits per heavy atom. The van der Waals surface area contributed by atoms with Gasteiger partial charge in [0, 0.05) is 27.9 Å². The molecule has 0 spiro atoms. The number of nitrogens with zero attached hydrogens (tertiary/aromatic N) is 1. The number of nitrogens with one attached hydrogen (secondary N) is 1. The van der Waals surface area contributed by atoms with E-state index in [0.29, 0.717) is 39.5 Å². The molecule has 0 bridgehead atoms. The number of aryl methyl sites for hydroxylation is 1. The summed E-state index contributed by atoms with van der Waals surface area (Å²) in [5.74, 6) is 0.544. The van der Waals surface area contributed by atoms with Gasteiger partial charge in [0.1, 0.15) is 5.52 Å². The predicted molar refractivity (Wildman–Crippen MR) is 127 cm³/mol. The normalized spacial score (nSPS) is 11.1. The molecule has 0 atom stereocenters. The maximum Gasteiger partial charge on any atom is 0.257 e. The van der Waals surface area contributed by atoms with Crippen LogP contribution < -0.4 is 5.32 Å². The summed E-state index contributed by atoms with van der Waals surface area (Å²) >= 11 is 13.6. The van der Waals surface area contributed by atoms with Crippen molar-refractivity contribution in [3.05, 3.63) is 93.0 Å². The first kappa shape index (κ1) is 21.8. The van der Waals surface area contributed by atoms with E-state index in [2.05, 4.69) is 10.3 Å². The topological polar surface area (TPSA) is 55.1 Å². The molecule has 1 heterocycles. The third kappa shape index (κ3) is 5.42. The number of aromatic nitrogens is 1. The average Bonchev–Trinajstić information content (AvgIpc) is 3.18. The molecule has 158 valence electrons. The van der Waals surface area contributed by atoms with E-state index < -0.39 is 0 Å². The van der Waals surface area contributed by atoms with Crippen molar-refractivity contribution in [2.75, 3.05) is 6.54 Å². The van der Waals surface area contributed by atoms with Gasteiger partial charge >= 0.3 is 0 Å². The molecule has 0 radical (unpaired) electrons. The lowest BCUT2D eigenvalue weighted by Crippen LogP contribution is -2.25. The zero-order chi connectivity index (χ0) is 21.8. The van der Waals surface area contributed by atoms with Crippen LogP contribution in [0.15, 0.2) is 70.3 Å². The molecule has 1 amide bonds. The highest BCUT2D eigenvalue weighted by Gasteiger charge is 2.10. The number of fused-ring (bicyclic) bond motifs is 1. The largest absolute Gasteiger partial charge is 0.431 e. The van der Waals surface area contributed by atoms with Gasteiger partial charge in [0.25, 0.3) is 11.1 Å². The molecule has 0 saturated carbocycles. The molecule has 0 aliphatic carbocycles. The molecule has 1 aromatic heterocycles. The van der Waals surface area contributed by atoms with Gasteiger partial charge in [-0.1, -0.05) is 65.3 Å². The second-order valence-corrected chi connectivity index (χ2v) is 8.90. The van der Waals surface area contributed by atoms with Crippen molar-refractivity contribution in [3.8, 4) is 0 Å². The van der Waals surface area contributed by atoms with Crippen LogP contribution in [0.2, 0.25) is 10.0 Å². The maximum absolute atomic E-state index is 12.6. The second kappa shape index (κ2) is 9.77. The summed E-state index contributed by atoms with van der Waals surface area (Å²) in [4.78, 5) is 17.1. The summed E-state index contributed by atoms with van der Waals surface area (Å²) in [5, 5.41) is 4.77. The van der Waals surface area contributed by atoms with E-state index in [4.69, 9.17) is 27.6 Å². The van der Waals surface area contributed by atoms with E-state index in [-0.39, 0.29) is 5.91 Å². The van der Waals surface area contributed by atoms with E-state index in [1.807, 2.05) is 55.5 Å². The maximum atomic E-state index is 12.6. The minimum absolute atomic E-state index is 0.116. The van der Waals surface area contributed by atoms with E-state index in [1.54, 1.807) is 12.1 Å². The zero-order valence-corrected chi connectivity index (χ0v) is 19.2. The number of carbonyl (C=O) groups excluding carboxylic acids is 1. The SMILES string of the molecule is Cc1cccc2oc(SCc3cccc(C(=O)NCCc4ccc(Cl)cc4Cl)c3)nc12. The van der Waals surface area contributed by atoms with Crippen LogP contribution in [-0.4, -0.2) is 17.4 Å². The molecule has 3 aromatic carbocycles. The first-order valence-corrected chi connectivity index (χ1v) is 11.5. The Labute approximate surface area is 195 Å². The van der Waals surface area contributed by atoms with E-state index >= 15 is 0 Å². The Morgan fingerprint density at radius 1 is 1.10 bits per heavy atom. The van der Waals surface area contributed by atoms with Crippen molar-refractivity contribution in [1.29, 1.82) is 0 Å². The highest BCUT2D eigenvalue weighted by atomic mass is 35.5. The molecule has 31 heavy (non-hydrogen) atoms. The summed E-state index contributed by atoms with van der Waals surface area (Å²) in [7, 11) is 0. The number of thioether (sulfide) groups is 1. The lowest BCUT2D eigenvalue weighted by Gasteiger charge is -2.08. The van der Waals surface area contributed by atoms with Crippen molar-refractivity contribution < 1.29 is 9.21 Å². The number of oxazole rings is 1. The van der Waals surface area contributed by atoms with Gasteiger partial charge in [-0.3, -0.25) is 4.79 Å². The summed E-state index contributed by atoms with van der Waals surface area (Å²) in [5.41, 5.74) is 5.36. The fraction of sp³-hybridized carbons (Fsp3) is 0.167. The molecule has 4 nitrogen and oxygen atoms in total. The number of hydrogen-bond donors (Lipinski definition) is 1. The molecule has 4 aromatic rings. The average molecular weight is 471 g/mol. The monoisotopic (exact) mass is 470 g/mol. The van der Waals surface area contributed by atoms with Gasteiger partial charge in [-0.2, -0.15) is 0 Å². The van der Waals surface area contributed by atoms with Crippen molar-refractivity contribution in [2.45, 2.75) is 24.3 Å². The van der Waals surface area contributed by atoms with Gasteiger partial charge < -0.3 is 9.73 Å². The van der Waals surface area contributed by atoms with E-state index in [1.165, 1.54) is 11.8 Å². The minimum Gasteiger partial charge on any atom is -0.431 e. The van der Waals surface area contributed by atoms with Crippen molar-refractivity contribution >= 4 is 52.0 Å². The van der Waals surface area contributed by atoms with Gasteiger partial charge in [0.05, 0.1) is 0 Å². The Bertz CT molecular complexity index is 1240. The fourth-order valence-corrected chi connectivity index (χ4v) is 4.49. The van der Waals surface area contributed by atoms with Gasteiger partial charge in [-0.15, -0.1) is 0 Å². The van der Waals surface area contributed by atoms with Crippen molar-refractivity contribution in [1.82, 2.24) is 10.3 Å². The van der Waals surface area contributed by atoms with Crippen LogP contribution >= 0.6 is 35.0 Å². The summed E-state index contributed by atoms with van der Waals surface area (Å²) in [6, 6.07) is 18.9. The summed E-state index contributed by atoms with van der Waals surface area (Å²) in [6.07, 6.45) is 0.633. The highest BCUT2D eigenvalue weighted by molar-refractivity contribution is 7.98. The smallest absolute Gasteiger partial charge is 0.257 e. The zero-order valence-electron chi connectivity index (χ0n) is 16.8. The van der Waals surface area contributed by atoms with Gasteiger partial charge in [0.15, 0.2) is 5.58 Å². The quantitative estimate of drug-likeness (QED) is 0.305. The van der Waals surface area contributed by atoms with E-state index in [0.717, 1.165) is 27.8 Å². The first-order valence-electron chi connectivity index (χ1n) is 9.79. The number of hydrogen-bond acceptors (Lipinski definition) is 4. The third-order valence-corrected chi connectivity index (χ3v) is 6.33. The molecule has 0 saturated heterocycles. The molecule has 0 unspecified atom stereocenters.